The number of imidazole rings is 1. The van der Waals surface area contributed by atoms with Crippen LogP contribution in [0.2, 0.25) is 0 Å². The fourth-order valence-electron chi connectivity index (χ4n) is 3.91. The zero-order valence-corrected chi connectivity index (χ0v) is 18.0. The van der Waals surface area contributed by atoms with Crippen LogP contribution in [0.3, 0.4) is 0 Å². The Balaban J connectivity index is 1.35. The van der Waals surface area contributed by atoms with Crippen LogP contribution in [0.4, 0.5) is 0 Å². The second-order valence-corrected chi connectivity index (χ2v) is 7.68. The second-order valence-electron chi connectivity index (χ2n) is 7.68. The Kier molecular flexibility index (Phi) is 6.52. The topological polar surface area (TPSA) is 59.8 Å². The highest BCUT2D eigenvalue weighted by Gasteiger charge is 2.23. The summed E-state index contributed by atoms with van der Waals surface area (Å²) >= 11 is 0. The van der Waals surface area contributed by atoms with Gasteiger partial charge in [-0.2, -0.15) is 0 Å². The van der Waals surface area contributed by atoms with Crippen LogP contribution in [0.25, 0.3) is 0 Å². The molecule has 0 bridgehead atoms. The lowest BCUT2D eigenvalue weighted by molar-refractivity contribution is 0.0627. The Morgan fingerprint density at radius 2 is 1.84 bits per heavy atom. The highest BCUT2D eigenvalue weighted by atomic mass is 16.5. The van der Waals surface area contributed by atoms with E-state index in [9.17, 15) is 4.79 Å². The Bertz CT molecular complexity index is 1010. The number of hydrogen-bond donors (Lipinski definition) is 0. The molecule has 0 radical (unpaired) electrons. The molecular weight excluding hydrogens is 392 g/mol. The minimum atomic E-state index is 0.0918. The fourth-order valence-corrected chi connectivity index (χ4v) is 3.91. The van der Waals surface area contributed by atoms with Gasteiger partial charge in [0.15, 0.2) is 0 Å². The van der Waals surface area contributed by atoms with Crippen LogP contribution in [0, 0.1) is 0 Å². The van der Waals surface area contributed by atoms with Crippen LogP contribution in [-0.4, -0.2) is 65.7 Å². The quantitative estimate of drug-likeness (QED) is 0.588. The summed E-state index contributed by atoms with van der Waals surface area (Å²) in [5.74, 6) is 1.70. The molecule has 1 aromatic heterocycles. The summed E-state index contributed by atoms with van der Waals surface area (Å²) in [5.41, 5.74) is 2.95. The lowest BCUT2D eigenvalue weighted by Crippen LogP contribution is -2.48. The van der Waals surface area contributed by atoms with Crippen LogP contribution in [0.1, 0.15) is 21.5 Å². The highest BCUT2D eigenvalue weighted by Crippen LogP contribution is 2.26. The number of rotatable bonds is 7. The largest absolute Gasteiger partial charge is 0.497 e. The van der Waals surface area contributed by atoms with Crippen molar-refractivity contribution in [1.82, 2.24) is 19.4 Å². The van der Waals surface area contributed by atoms with Gasteiger partial charge in [0.05, 0.1) is 20.5 Å². The van der Waals surface area contributed by atoms with Gasteiger partial charge in [0.1, 0.15) is 11.5 Å². The van der Waals surface area contributed by atoms with Gasteiger partial charge < -0.3 is 18.9 Å². The minimum absolute atomic E-state index is 0.0918. The number of methoxy groups -OCH3 is 2. The number of benzene rings is 2. The summed E-state index contributed by atoms with van der Waals surface area (Å²) < 4.78 is 12.8. The maximum absolute atomic E-state index is 13.0. The zero-order chi connectivity index (χ0) is 21.6. The van der Waals surface area contributed by atoms with E-state index < -0.39 is 0 Å². The molecule has 162 valence electrons. The van der Waals surface area contributed by atoms with Crippen LogP contribution in [0.15, 0.2) is 61.2 Å². The van der Waals surface area contributed by atoms with Crippen LogP contribution >= 0.6 is 0 Å². The van der Waals surface area contributed by atoms with Crippen molar-refractivity contribution >= 4 is 5.91 Å². The van der Waals surface area contributed by atoms with E-state index in [0.29, 0.717) is 19.6 Å². The van der Waals surface area contributed by atoms with E-state index in [1.54, 1.807) is 26.7 Å². The molecule has 0 saturated carbocycles. The summed E-state index contributed by atoms with van der Waals surface area (Å²) in [6.45, 7) is 4.57. The van der Waals surface area contributed by atoms with E-state index in [0.717, 1.165) is 47.8 Å². The summed E-state index contributed by atoms with van der Waals surface area (Å²) in [4.78, 5) is 21.4. The maximum Gasteiger partial charge on any atom is 0.253 e. The standard InChI is InChI=1S/C24H28N4O3/c1-30-22-7-6-21(23(15-22)31-2)17-26-10-12-28(13-11-26)24(29)20-5-3-4-19(14-20)16-27-9-8-25-18-27/h3-9,14-15,18H,10-13,16-17H2,1-2H3. The van der Waals surface area contributed by atoms with E-state index in [1.807, 2.05) is 58.1 Å². The van der Waals surface area contributed by atoms with E-state index in [2.05, 4.69) is 9.88 Å². The second kappa shape index (κ2) is 9.66. The number of carbonyl (C=O) groups excluding carboxylic acids is 1. The van der Waals surface area contributed by atoms with Crippen molar-refractivity contribution in [3.8, 4) is 11.5 Å². The number of nitrogens with zero attached hydrogens (tertiary/aromatic N) is 4. The van der Waals surface area contributed by atoms with Gasteiger partial charge in [0.25, 0.3) is 5.91 Å². The van der Waals surface area contributed by atoms with Gasteiger partial charge in [0.2, 0.25) is 0 Å². The fraction of sp³-hybridized carbons (Fsp3) is 0.333. The van der Waals surface area contributed by atoms with Gasteiger partial charge >= 0.3 is 0 Å². The van der Waals surface area contributed by atoms with E-state index in [1.165, 1.54) is 0 Å². The average molecular weight is 421 g/mol. The summed E-state index contributed by atoms with van der Waals surface area (Å²) in [6, 6.07) is 13.8. The van der Waals surface area contributed by atoms with Crippen molar-refractivity contribution in [2.24, 2.45) is 0 Å². The van der Waals surface area contributed by atoms with Gasteiger partial charge in [-0.05, 0) is 23.8 Å². The molecule has 4 rings (SSSR count). The van der Waals surface area contributed by atoms with Crippen LogP contribution in [0.5, 0.6) is 11.5 Å². The Labute approximate surface area is 182 Å². The Morgan fingerprint density at radius 1 is 1.00 bits per heavy atom. The first-order valence-corrected chi connectivity index (χ1v) is 10.4. The molecule has 1 amide bonds. The van der Waals surface area contributed by atoms with Crippen molar-refractivity contribution in [3.05, 3.63) is 77.9 Å². The first-order chi connectivity index (χ1) is 15.2. The van der Waals surface area contributed by atoms with Gasteiger partial charge in [-0.15, -0.1) is 0 Å². The monoisotopic (exact) mass is 420 g/mol. The van der Waals surface area contributed by atoms with Crippen molar-refractivity contribution < 1.29 is 14.3 Å². The molecule has 1 aliphatic heterocycles. The van der Waals surface area contributed by atoms with Crippen molar-refractivity contribution in [2.45, 2.75) is 13.1 Å². The zero-order valence-electron chi connectivity index (χ0n) is 18.0. The van der Waals surface area contributed by atoms with Gasteiger partial charge in [-0.3, -0.25) is 9.69 Å². The molecule has 0 unspecified atom stereocenters. The molecule has 1 saturated heterocycles. The first kappa shape index (κ1) is 20.9. The molecule has 3 aromatic rings. The third-order valence-corrected chi connectivity index (χ3v) is 5.65. The van der Waals surface area contributed by atoms with Crippen LogP contribution < -0.4 is 9.47 Å². The highest BCUT2D eigenvalue weighted by molar-refractivity contribution is 5.94. The molecule has 31 heavy (non-hydrogen) atoms. The van der Waals surface area contributed by atoms with Gasteiger partial charge in [-0.25, -0.2) is 4.98 Å². The number of piperazine rings is 1. The SMILES string of the molecule is COc1ccc(CN2CCN(C(=O)c3cccc(Cn4ccnc4)c3)CC2)c(OC)c1. The molecule has 0 aliphatic carbocycles. The van der Waals surface area contributed by atoms with Gasteiger partial charge in [0, 0.05) is 68.9 Å². The maximum atomic E-state index is 13.0. The lowest BCUT2D eigenvalue weighted by atomic mass is 10.1. The molecule has 0 spiro atoms. The Hall–Kier alpha value is -3.32. The molecule has 2 heterocycles. The summed E-state index contributed by atoms with van der Waals surface area (Å²) in [6.07, 6.45) is 5.47. The molecular formula is C24H28N4O3. The molecule has 1 aliphatic rings. The van der Waals surface area contributed by atoms with E-state index in [4.69, 9.17) is 9.47 Å². The molecule has 1 fully saturated rings. The third kappa shape index (κ3) is 5.06. The average Bonchev–Trinajstić information content (AvgIpc) is 3.32. The van der Waals surface area contributed by atoms with E-state index >= 15 is 0 Å². The van der Waals surface area contributed by atoms with E-state index in [-0.39, 0.29) is 5.91 Å². The first-order valence-electron chi connectivity index (χ1n) is 10.4. The van der Waals surface area contributed by atoms with Crippen molar-refractivity contribution in [2.75, 3.05) is 40.4 Å². The molecule has 2 aromatic carbocycles. The number of ether oxygens (including phenoxy) is 2. The smallest absolute Gasteiger partial charge is 0.253 e. The van der Waals surface area contributed by atoms with Crippen molar-refractivity contribution in [3.63, 3.8) is 0 Å². The van der Waals surface area contributed by atoms with Gasteiger partial charge in [-0.1, -0.05) is 18.2 Å². The predicted molar refractivity (Wildman–Crippen MR) is 118 cm³/mol. The third-order valence-electron chi connectivity index (χ3n) is 5.65. The predicted octanol–water partition coefficient (Wildman–Crippen LogP) is 2.91. The minimum Gasteiger partial charge on any atom is -0.497 e. The number of hydrogen-bond acceptors (Lipinski definition) is 5. The molecule has 0 N–H and O–H groups in total. The summed E-state index contributed by atoms with van der Waals surface area (Å²) in [7, 11) is 3.33. The summed E-state index contributed by atoms with van der Waals surface area (Å²) in [5, 5.41) is 0. The molecule has 0 atom stereocenters. The number of aromatic nitrogens is 2. The molecule has 7 nitrogen and oxygen atoms in total. The lowest BCUT2D eigenvalue weighted by Gasteiger charge is -2.35. The van der Waals surface area contributed by atoms with Crippen molar-refractivity contribution in [1.29, 1.82) is 0 Å². The molecule has 7 heteroatoms. The number of amides is 1. The Morgan fingerprint density at radius 3 is 2.55 bits per heavy atom. The normalized spacial score (nSPS) is 14.5. The van der Waals surface area contributed by atoms with Crippen LogP contribution in [-0.2, 0) is 13.1 Å². The number of carbonyl (C=O) groups is 1.